The third-order valence-electron chi connectivity index (χ3n) is 5.75. The van der Waals surface area contributed by atoms with Crippen LogP contribution in [0.5, 0.6) is 0 Å². The lowest BCUT2D eigenvalue weighted by Gasteiger charge is -2.19. The van der Waals surface area contributed by atoms with Crippen LogP contribution in [0.3, 0.4) is 0 Å². The zero-order valence-electron chi connectivity index (χ0n) is 16.5. The van der Waals surface area contributed by atoms with Crippen molar-refractivity contribution in [1.29, 1.82) is 0 Å². The molecule has 0 bridgehead atoms. The Bertz CT molecular complexity index is 855. The molecule has 0 saturated carbocycles. The molecule has 0 N–H and O–H groups in total. The number of rotatable bonds is 6. The number of pyridine rings is 1. The van der Waals surface area contributed by atoms with E-state index in [0.717, 1.165) is 11.3 Å². The normalized spacial score (nSPS) is 15.9. The summed E-state index contributed by atoms with van der Waals surface area (Å²) in [5.74, 6) is 0. The van der Waals surface area contributed by atoms with Gasteiger partial charge in [-0.3, -0.25) is 0 Å². The minimum absolute atomic E-state index is 1.02. The summed E-state index contributed by atoms with van der Waals surface area (Å²) in [5.41, 5.74) is 5.95. The summed E-state index contributed by atoms with van der Waals surface area (Å²) in [6.45, 7) is 6.01. The molecule has 2 aromatic heterocycles. The second kappa shape index (κ2) is 8.71. The fourth-order valence-corrected chi connectivity index (χ4v) is 4.09. The molecule has 1 aromatic carbocycles. The van der Waals surface area contributed by atoms with Gasteiger partial charge in [0.15, 0.2) is 0 Å². The van der Waals surface area contributed by atoms with E-state index in [1.54, 1.807) is 0 Å². The second-order valence-electron chi connectivity index (χ2n) is 8.01. The monoisotopic (exact) mass is 361 g/mol. The van der Waals surface area contributed by atoms with Gasteiger partial charge in [0.2, 0.25) is 0 Å². The van der Waals surface area contributed by atoms with Gasteiger partial charge in [0, 0.05) is 18.0 Å². The van der Waals surface area contributed by atoms with Crippen LogP contribution in [-0.4, -0.2) is 33.9 Å². The number of likely N-dealkylation sites (tertiary alicyclic amines) is 1. The van der Waals surface area contributed by atoms with E-state index >= 15 is 0 Å². The molecule has 0 amide bonds. The highest BCUT2D eigenvalue weighted by Crippen LogP contribution is 2.21. The van der Waals surface area contributed by atoms with Crippen LogP contribution in [0.25, 0.3) is 16.9 Å². The van der Waals surface area contributed by atoms with Crippen molar-refractivity contribution in [3.05, 3.63) is 59.9 Å². The molecule has 1 fully saturated rings. The molecule has 1 aliphatic heterocycles. The molecule has 1 saturated heterocycles. The number of unbranched alkanes of at least 4 members (excludes halogenated alkanes) is 1. The number of aromatic nitrogens is 2. The maximum atomic E-state index is 4.77. The molecule has 1 aliphatic rings. The summed E-state index contributed by atoms with van der Waals surface area (Å²) < 4.78 is 2.10. The van der Waals surface area contributed by atoms with Crippen molar-refractivity contribution >= 4 is 5.65 Å². The molecular formula is C24H31N3. The molecule has 27 heavy (non-hydrogen) atoms. The van der Waals surface area contributed by atoms with Gasteiger partial charge in [0.05, 0.1) is 5.69 Å². The summed E-state index contributed by atoms with van der Waals surface area (Å²) in [6, 6.07) is 13.2. The van der Waals surface area contributed by atoms with Crippen molar-refractivity contribution in [2.45, 2.75) is 51.9 Å². The fraction of sp³-hybridized carbons (Fsp3) is 0.458. The van der Waals surface area contributed by atoms with Gasteiger partial charge >= 0.3 is 0 Å². The summed E-state index contributed by atoms with van der Waals surface area (Å²) in [6.07, 6.45) is 13.6. The van der Waals surface area contributed by atoms with Gasteiger partial charge in [-0.2, -0.15) is 0 Å². The summed E-state index contributed by atoms with van der Waals surface area (Å²) in [7, 11) is 0. The second-order valence-corrected chi connectivity index (χ2v) is 8.01. The predicted octanol–water partition coefficient (Wildman–Crippen LogP) is 5.51. The molecule has 0 atom stereocenters. The van der Waals surface area contributed by atoms with E-state index in [1.807, 2.05) is 0 Å². The molecule has 3 nitrogen and oxygen atoms in total. The Morgan fingerprint density at radius 1 is 0.926 bits per heavy atom. The SMILES string of the molecule is Cc1ccn2cc(-c3ccc(CCCCN4CCCCCC4)cc3)nc2c1. The maximum Gasteiger partial charge on any atom is 0.137 e. The Morgan fingerprint density at radius 2 is 1.70 bits per heavy atom. The van der Waals surface area contributed by atoms with Gasteiger partial charge in [0.25, 0.3) is 0 Å². The number of hydrogen-bond acceptors (Lipinski definition) is 2. The zero-order chi connectivity index (χ0) is 18.5. The van der Waals surface area contributed by atoms with Crippen molar-refractivity contribution < 1.29 is 0 Å². The number of fused-ring (bicyclic) bond motifs is 1. The largest absolute Gasteiger partial charge is 0.306 e. The van der Waals surface area contributed by atoms with E-state index in [9.17, 15) is 0 Å². The van der Waals surface area contributed by atoms with Crippen LogP contribution in [-0.2, 0) is 6.42 Å². The molecule has 3 aromatic rings. The lowest BCUT2D eigenvalue weighted by Crippen LogP contribution is -2.25. The highest BCUT2D eigenvalue weighted by Gasteiger charge is 2.08. The van der Waals surface area contributed by atoms with E-state index < -0.39 is 0 Å². The molecule has 0 aliphatic carbocycles. The lowest BCUT2D eigenvalue weighted by molar-refractivity contribution is 0.279. The minimum atomic E-state index is 1.02. The van der Waals surface area contributed by atoms with E-state index in [0.29, 0.717) is 0 Å². The highest BCUT2D eigenvalue weighted by molar-refractivity contribution is 5.63. The standard InChI is InChI=1S/C24H31N3/c1-20-13-17-27-19-23(25-24(27)18-20)22-11-9-21(10-12-22)8-4-7-16-26-14-5-2-3-6-15-26/h9-13,17-19H,2-8,14-16H2,1H3. The molecular weight excluding hydrogens is 330 g/mol. The number of benzene rings is 1. The molecule has 3 heteroatoms. The first-order chi connectivity index (χ1) is 13.3. The number of imidazole rings is 1. The van der Waals surface area contributed by atoms with Gasteiger partial charge in [-0.15, -0.1) is 0 Å². The molecule has 0 unspecified atom stereocenters. The first-order valence-electron chi connectivity index (χ1n) is 10.5. The summed E-state index contributed by atoms with van der Waals surface area (Å²) >= 11 is 0. The van der Waals surface area contributed by atoms with Crippen molar-refractivity contribution in [3.8, 4) is 11.3 Å². The Kier molecular flexibility index (Phi) is 5.88. The first kappa shape index (κ1) is 18.2. The van der Waals surface area contributed by atoms with E-state index in [2.05, 4.69) is 65.0 Å². The van der Waals surface area contributed by atoms with Crippen LogP contribution < -0.4 is 0 Å². The van der Waals surface area contributed by atoms with E-state index in [1.165, 1.54) is 81.3 Å². The Labute approximate surface area is 163 Å². The van der Waals surface area contributed by atoms with Crippen LogP contribution in [0.1, 0.15) is 49.7 Å². The average molecular weight is 362 g/mol. The number of nitrogens with zero attached hydrogens (tertiary/aromatic N) is 3. The average Bonchev–Trinajstić information content (AvgIpc) is 2.92. The fourth-order valence-electron chi connectivity index (χ4n) is 4.09. The molecule has 4 rings (SSSR count). The topological polar surface area (TPSA) is 20.5 Å². The van der Waals surface area contributed by atoms with Crippen molar-refractivity contribution in [2.75, 3.05) is 19.6 Å². The highest BCUT2D eigenvalue weighted by atomic mass is 15.1. The van der Waals surface area contributed by atoms with Gasteiger partial charge in [0.1, 0.15) is 5.65 Å². The summed E-state index contributed by atoms with van der Waals surface area (Å²) in [5, 5.41) is 0. The zero-order valence-corrected chi connectivity index (χ0v) is 16.5. The van der Waals surface area contributed by atoms with Gasteiger partial charge in [-0.05, 0) is 81.9 Å². The number of aryl methyl sites for hydroxylation is 2. The van der Waals surface area contributed by atoms with E-state index in [-0.39, 0.29) is 0 Å². The van der Waals surface area contributed by atoms with Crippen molar-refractivity contribution in [3.63, 3.8) is 0 Å². The molecule has 0 radical (unpaired) electrons. The quantitative estimate of drug-likeness (QED) is 0.540. The number of hydrogen-bond donors (Lipinski definition) is 0. The van der Waals surface area contributed by atoms with Crippen LogP contribution in [0, 0.1) is 6.92 Å². The molecule has 3 heterocycles. The molecule has 0 spiro atoms. The van der Waals surface area contributed by atoms with Crippen molar-refractivity contribution in [1.82, 2.24) is 14.3 Å². The van der Waals surface area contributed by atoms with E-state index in [4.69, 9.17) is 4.98 Å². The maximum absolute atomic E-state index is 4.77. The Hall–Kier alpha value is -2.13. The van der Waals surface area contributed by atoms with Gasteiger partial charge < -0.3 is 9.30 Å². The van der Waals surface area contributed by atoms with Crippen LogP contribution in [0.15, 0.2) is 48.8 Å². The molecule has 142 valence electrons. The Morgan fingerprint density at radius 3 is 2.48 bits per heavy atom. The van der Waals surface area contributed by atoms with Crippen molar-refractivity contribution in [2.24, 2.45) is 0 Å². The van der Waals surface area contributed by atoms with Gasteiger partial charge in [-0.25, -0.2) is 4.98 Å². The first-order valence-corrected chi connectivity index (χ1v) is 10.5. The summed E-state index contributed by atoms with van der Waals surface area (Å²) in [4.78, 5) is 7.43. The third-order valence-corrected chi connectivity index (χ3v) is 5.75. The third kappa shape index (κ3) is 4.78. The van der Waals surface area contributed by atoms with Crippen LogP contribution in [0.2, 0.25) is 0 Å². The van der Waals surface area contributed by atoms with Crippen LogP contribution in [0.4, 0.5) is 0 Å². The minimum Gasteiger partial charge on any atom is -0.306 e. The van der Waals surface area contributed by atoms with Gasteiger partial charge in [-0.1, -0.05) is 37.1 Å². The Balaban J connectivity index is 1.30. The van der Waals surface area contributed by atoms with Crippen LogP contribution >= 0.6 is 0 Å². The smallest absolute Gasteiger partial charge is 0.137 e. The lowest BCUT2D eigenvalue weighted by atomic mass is 10.0. The predicted molar refractivity (Wildman–Crippen MR) is 113 cm³/mol.